The van der Waals surface area contributed by atoms with Crippen molar-refractivity contribution in [2.45, 2.75) is 13.8 Å². The van der Waals surface area contributed by atoms with E-state index in [0.29, 0.717) is 27.6 Å². The van der Waals surface area contributed by atoms with E-state index in [4.69, 9.17) is 16.3 Å². The number of halogens is 1. The van der Waals surface area contributed by atoms with Crippen LogP contribution in [0.5, 0.6) is 0 Å². The Kier molecular flexibility index (Phi) is 5.23. The maximum Gasteiger partial charge on any atom is 0.434 e. The normalized spacial score (nSPS) is 13.2. The zero-order valence-electron chi connectivity index (χ0n) is 14.7. The Bertz CT molecular complexity index is 967. The third kappa shape index (κ3) is 3.83. The van der Waals surface area contributed by atoms with Gasteiger partial charge in [-0.05, 0) is 49.8 Å². The highest BCUT2D eigenvalue weighted by atomic mass is 35.5. The van der Waals surface area contributed by atoms with Gasteiger partial charge in [-0.15, -0.1) is 0 Å². The summed E-state index contributed by atoms with van der Waals surface area (Å²) in [4.78, 5) is 22.8. The summed E-state index contributed by atoms with van der Waals surface area (Å²) in [5.74, 6) is 0. The van der Waals surface area contributed by atoms with E-state index in [0.717, 1.165) is 5.56 Å². The second-order valence-electron chi connectivity index (χ2n) is 5.78. The first kappa shape index (κ1) is 18.6. The van der Waals surface area contributed by atoms with Gasteiger partial charge in [-0.1, -0.05) is 17.7 Å². The lowest BCUT2D eigenvalue weighted by molar-refractivity contribution is -0.384. The fraction of sp³-hybridized carbons (Fsp3) is 0.158. The number of carbonyl (C=O) groups is 1. The van der Waals surface area contributed by atoms with Gasteiger partial charge in [0.15, 0.2) is 0 Å². The van der Waals surface area contributed by atoms with Crippen molar-refractivity contribution in [3.8, 4) is 0 Å². The zero-order chi connectivity index (χ0) is 19.6. The molecule has 3 rings (SSSR count). The van der Waals surface area contributed by atoms with E-state index in [-0.39, 0.29) is 12.3 Å². The molecule has 27 heavy (non-hydrogen) atoms. The lowest BCUT2D eigenvalue weighted by Gasteiger charge is -2.17. The smallest absolute Gasteiger partial charge is 0.434 e. The highest BCUT2D eigenvalue weighted by Crippen LogP contribution is 2.28. The summed E-state index contributed by atoms with van der Waals surface area (Å²) >= 11 is 6.16. The molecule has 7 nitrogen and oxygen atoms in total. The maximum atomic E-state index is 12.3. The SMILES string of the molecule is CCOC(=O)N1N=C(c2ccc([N+](=O)[O-])cc2)c2cc(Cl)ccc2C=C1C. The van der Waals surface area contributed by atoms with Crippen molar-refractivity contribution < 1.29 is 14.5 Å². The lowest BCUT2D eigenvalue weighted by atomic mass is 9.97. The molecule has 0 radical (unpaired) electrons. The number of rotatable bonds is 3. The van der Waals surface area contributed by atoms with Gasteiger partial charge >= 0.3 is 6.09 Å². The van der Waals surface area contributed by atoms with Crippen LogP contribution < -0.4 is 0 Å². The molecule has 0 N–H and O–H groups in total. The molecule has 138 valence electrons. The van der Waals surface area contributed by atoms with Gasteiger partial charge in [-0.3, -0.25) is 10.1 Å². The van der Waals surface area contributed by atoms with Gasteiger partial charge in [-0.2, -0.15) is 10.1 Å². The van der Waals surface area contributed by atoms with Gasteiger partial charge in [0.05, 0.1) is 17.2 Å². The monoisotopic (exact) mass is 385 g/mol. The van der Waals surface area contributed by atoms with Gasteiger partial charge in [0.25, 0.3) is 5.69 Å². The maximum absolute atomic E-state index is 12.3. The number of hydrogen-bond acceptors (Lipinski definition) is 5. The third-order valence-corrected chi connectivity index (χ3v) is 4.20. The first-order valence-electron chi connectivity index (χ1n) is 8.19. The fourth-order valence-electron chi connectivity index (χ4n) is 2.70. The summed E-state index contributed by atoms with van der Waals surface area (Å²) < 4.78 is 5.09. The number of benzene rings is 2. The Labute approximate surface area is 160 Å². The van der Waals surface area contributed by atoms with E-state index < -0.39 is 11.0 Å². The Balaban J connectivity index is 2.18. The van der Waals surface area contributed by atoms with Crippen molar-refractivity contribution in [3.05, 3.63) is 80.0 Å². The number of nitro groups is 1. The van der Waals surface area contributed by atoms with Crippen LogP contribution in [0.15, 0.2) is 53.3 Å². The van der Waals surface area contributed by atoms with Crippen molar-refractivity contribution in [3.63, 3.8) is 0 Å². The number of carbonyl (C=O) groups excluding carboxylic acids is 1. The first-order valence-corrected chi connectivity index (χ1v) is 8.57. The van der Waals surface area contributed by atoms with Crippen LogP contribution >= 0.6 is 11.6 Å². The average Bonchev–Trinajstić information content (AvgIpc) is 2.78. The molecule has 0 aromatic heterocycles. The van der Waals surface area contributed by atoms with E-state index in [2.05, 4.69) is 5.10 Å². The standard InChI is InChI=1S/C19H16ClN3O4/c1-3-27-19(24)22-12(2)10-14-4-7-15(20)11-17(14)18(21-22)13-5-8-16(9-6-13)23(25)26/h4-11H,3H2,1-2H3. The van der Waals surface area contributed by atoms with Gasteiger partial charge in [-0.25, -0.2) is 4.79 Å². The summed E-state index contributed by atoms with van der Waals surface area (Å²) in [5.41, 5.74) is 3.15. The quantitative estimate of drug-likeness (QED) is 0.559. The molecule has 0 fully saturated rings. The minimum absolute atomic E-state index is 0.0316. The highest BCUT2D eigenvalue weighted by Gasteiger charge is 2.24. The Hall–Kier alpha value is -3.19. The van der Waals surface area contributed by atoms with Gasteiger partial charge in [0.1, 0.15) is 0 Å². The van der Waals surface area contributed by atoms with E-state index in [1.165, 1.54) is 17.1 Å². The van der Waals surface area contributed by atoms with Crippen molar-refractivity contribution >= 4 is 35.2 Å². The minimum Gasteiger partial charge on any atom is -0.448 e. The molecular weight excluding hydrogens is 370 g/mol. The minimum atomic E-state index is -0.607. The van der Waals surface area contributed by atoms with Crippen molar-refractivity contribution in [1.29, 1.82) is 0 Å². The molecule has 0 spiro atoms. The van der Waals surface area contributed by atoms with E-state index in [9.17, 15) is 14.9 Å². The van der Waals surface area contributed by atoms with Crippen LogP contribution in [0.25, 0.3) is 6.08 Å². The summed E-state index contributed by atoms with van der Waals surface area (Å²) in [7, 11) is 0. The van der Waals surface area contributed by atoms with Crippen LogP contribution in [-0.2, 0) is 4.74 Å². The molecule has 0 atom stereocenters. The molecule has 1 aliphatic heterocycles. The number of nitro benzene ring substituents is 1. The number of allylic oxidation sites excluding steroid dienone is 1. The molecule has 1 amide bonds. The molecule has 2 aromatic rings. The van der Waals surface area contributed by atoms with Crippen molar-refractivity contribution in [2.24, 2.45) is 5.10 Å². The predicted octanol–water partition coefficient (Wildman–Crippen LogP) is 4.83. The third-order valence-electron chi connectivity index (χ3n) is 3.96. The number of nitrogens with zero attached hydrogens (tertiary/aromatic N) is 3. The van der Waals surface area contributed by atoms with Crippen LogP contribution in [0.4, 0.5) is 10.5 Å². The average molecular weight is 386 g/mol. The molecule has 1 aliphatic rings. The molecule has 2 aromatic carbocycles. The van der Waals surface area contributed by atoms with Crippen LogP contribution in [0.2, 0.25) is 5.02 Å². The molecule has 0 saturated heterocycles. The van der Waals surface area contributed by atoms with Gasteiger partial charge in [0, 0.05) is 34.0 Å². The molecule has 0 saturated carbocycles. The van der Waals surface area contributed by atoms with Crippen LogP contribution in [0, 0.1) is 10.1 Å². The van der Waals surface area contributed by atoms with Crippen molar-refractivity contribution in [1.82, 2.24) is 5.01 Å². The summed E-state index contributed by atoms with van der Waals surface area (Å²) in [6, 6.07) is 11.3. The molecule has 0 unspecified atom stereocenters. The summed E-state index contributed by atoms with van der Waals surface area (Å²) in [6.45, 7) is 3.67. The topological polar surface area (TPSA) is 85.0 Å². The number of fused-ring (bicyclic) bond motifs is 1. The van der Waals surface area contributed by atoms with E-state index in [1.807, 2.05) is 12.1 Å². The van der Waals surface area contributed by atoms with Crippen molar-refractivity contribution in [2.75, 3.05) is 6.61 Å². The molecule has 0 aliphatic carbocycles. The summed E-state index contributed by atoms with van der Waals surface area (Å²) in [6.07, 6.45) is 1.20. The number of non-ortho nitro benzene ring substituents is 1. The second-order valence-corrected chi connectivity index (χ2v) is 6.22. The number of hydrazone groups is 1. The first-order chi connectivity index (χ1) is 12.9. The van der Waals surface area contributed by atoms with Crippen LogP contribution in [0.1, 0.15) is 30.5 Å². The Morgan fingerprint density at radius 1 is 1.26 bits per heavy atom. The predicted molar refractivity (Wildman–Crippen MR) is 103 cm³/mol. The molecule has 1 heterocycles. The molecule has 0 bridgehead atoms. The second kappa shape index (κ2) is 7.59. The Morgan fingerprint density at radius 3 is 2.59 bits per heavy atom. The number of ether oxygens (including phenoxy) is 1. The molecular formula is C19H16ClN3O4. The Morgan fingerprint density at radius 2 is 1.96 bits per heavy atom. The largest absolute Gasteiger partial charge is 0.448 e. The van der Waals surface area contributed by atoms with E-state index in [1.54, 1.807) is 38.1 Å². The lowest BCUT2D eigenvalue weighted by Crippen LogP contribution is -2.26. The zero-order valence-corrected chi connectivity index (χ0v) is 15.4. The number of amides is 1. The molecule has 8 heteroatoms. The number of hydrogen-bond donors (Lipinski definition) is 0. The van der Waals surface area contributed by atoms with Crippen LogP contribution in [-0.4, -0.2) is 28.3 Å². The van der Waals surface area contributed by atoms with Gasteiger partial charge < -0.3 is 4.74 Å². The fourth-order valence-corrected chi connectivity index (χ4v) is 2.87. The van der Waals surface area contributed by atoms with Gasteiger partial charge in [0.2, 0.25) is 0 Å². The summed E-state index contributed by atoms with van der Waals surface area (Å²) in [5, 5.41) is 17.1. The van der Waals surface area contributed by atoms with Crippen LogP contribution in [0.3, 0.4) is 0 Å². The van der Waals surface area contributed by atoms with E-state index >= 15 is 0 Å². The highest BCUT2D eigenvalue weighted by molar-refractivity contribution is 6.31.